The number of rotatable bonds is 11. The zero-order valence-corrected chi connectivity index (χ0v) is 25.1. The van der Waals surface area contributed by atoms with Crippen molar-refractivity contribution in [3.63, 3.8) is 0 Å². The maximum absolute atomic E-state index is 13.6. The molecular weight excluding hydrogens is 542 g/mol. The highest BCUT2D eigenvalue weighted by atomic mass is 16.6. The standard InChI is InChI=1S/C30H41N5O7/c1-6-41-29(39)35-17-15-34(16-18-35)28(38)23(12-13-25(36)42-30(2,3)4)33-27(37)24-20-22(14-19-40-5)31-26(32-24)21-10-8-7-9-11-21/h7-11,20,23H,6,12-19H2,1-5H3,(H,33,37). The number of benzene rings is 1. The van der Waals surface area contributed by atoms with Gasteiger partial charge in [-0.2, -0.15) is 0 Å². The van der Waals surface area contributed by atoms with Crippen molar-refractivity contribution in [3.8, 4) is 11.4 Å². The molecule has 1 aliphatic heterocycles. The van der Waals surface area contributed by atoms with Crippen LogP contribution < -0.4 is 5.32 Å². The van der Waals surface area contributed by atoms with Crippen molar-refractivity contribution in [3.05, 3.63) is 47.8 Å². The first-order valence-electron chi connectivity index (χ1n) is 14.2. The lowest BCUT2D eigenvalue weighted by atomic mass is 10.1. The lowest BCUT2D eigenvalue weighted by molar-refractivity contribution is -0.155. The molecular formula is C30H41N5O7. The highest BCUT2D eigenvalue weighted by Crippen LogP contribution is 2.17. The van der Waals surface area contributed by atoms with E-state index in [2.05, 4.69) is 15.3 Å². The van der Waals surface area contributed by atoms with Crippen molar-refractivity contribution in [1.82, 2.24) is 25.1 Å². The topological polar surface area (TPSA) is 140 Å². The second-order valence-corrected chi connectivity index (χ2v) is 10.8. The smallest absolute Gasteiger partial charge is 0.409 e. The monoisotopic (exact) mass is 583 g/mol. The Morgan fingerprint density at radius 1 is 1.00 bits per heavy atom. The number of amides is 3. The average molecular weight is 584 g/mol. The lowest BCUT2D eigenvalue weighted by Crippen LogP contribution is -2.56. The summed E-state index contributed by atoms with van der Waals surface area (Å²) in [5.41, 5.74) is 0.763. The van der Waals surface area contributed by atoms with Gasteiger partial charge in [0.25, 0.3) is 5.91 Å². The van der Waals surface area contributed by atoms with E-state index in [1.54, 1.807) is 45.8 Å². The molecule has 1 unspecified atom stereocenters. The van der Waals surface area contributed by atoms with E-state index < -0.39 is 29.6 Å². The van der Waals surface area contributed by atoms with Crippen molar-refractivity contribution in [2.75, 3.05) is 46.5 Å². The van der Waals surface area contributed by atoms with Gasteiger partial charge in [0.05, 0.1) is 13.2 Å². The quantitative estimate of drug-likeness (QED) is 0.396. The molecule has 3 rings (SSSR count). The minimum atomic E-state index is -1.02. The lowest BCUT2D eigenvalue weighted by Gasteiger charge is -2.36. The normalized spacial score (nSPS) is 14.2. The van der Waals surface area contributed by atoms with Gasteiger partial charge in [0.1, 0.15) is 17.3 Å². The third kappa shape index (κ3) is 9.79. The van der Waals surface area contributed by atoms with Crippen molar-refractivity contribution < 1.29 is 33.4 Å². The summed E-state index contributed by atoms with van der Waals surface area (Å²) in [6, 6.07) is 9.84. The number of methoxy groups -OCH3 is 1. The molecule has 0 spiro atoms. The van der Waals surface area contributed by atoms with Crippen LogP contribution in [-0.2, 0) is 30.2 Å². The molecule has 12 nitrogen and oxygen atoms in total. The maximum atomic E-state index is 13.6. The molecule has 0 radical (unpaired) electrons. The van der Waals surface area contributed by atoms with Crippen LogP contribution in [0.2, 0.25) is 0 Å². The van der Waals surface area contributed by atoms with E-state index >= 15 is 0 Å². The van der Waals surface area contributed by atoms with Gasteiger partial charge in [-0.05, 0) is 40.2 Å². The molecule has 3 amide bonds. The molecule has 2 aromatic rings. The van der Waals surface area contributed by atoms with Gasteiger partial charge in [-0.15, -0.1) is 0 Å². The first kappa shape index (κ1) is 32.5. The Kier molecular flexibility index (Phi) is 11.8. The number of hydrogen-bond donors (Lipinski definition) is 1. The van der Waals surface area contributed by atoms with Gasteiger partial charge in [-0.3, -0.25) is 14.4 Å². The van der Waals surface area contributed by atoms with Crippen LogP contribution in [0.5, 0.6) is 0 Å². The molecule has 0 bridgehead atoms. The van der Waals surface area contributed by atoms with Crippen LogP contribution in [0.25, 0.3) is 11.4 Å². The zero-order valence-electron chi connectivity index (χ0n) is 25.1. The summed E-state index contributed by atoms with van der Waals surface area (Å²) >= 11 is 0. The molecule has 1 saturated heterocycles. The predicted molar refractivity (Wildman–Crippen MR) is 155 cm³/mol. The Labute approximate surface area is 246 Å². The summed E-state index contributed by atoms with van der Waals surface area (Å²) in [6.07, 6.45) is -0.00792. The second kappa shape index (κ2) is 15.2. The van der Waals surface area contributed by atoms with Crippen LogP contribution in [0.1, 0.15) is 56.7 Å². The Morgan fingerprint density at radius 3 is 2.29 bits per heavy atom. The van der Waals surface area contributed by atoms with E-state index in [4.69, 9.17) is 14.2 Å². The Hall–Kier alpha value is -4.06. The Bertz CT molecular complexity index is 1220. The molecule has 0 aliphatic carbocycles. The van der Waals surface area contributed by atoms with Crippen molar-refractivity contribution in [1.29, 1.82) is 0 Å². The molecule has 42 heavy (non-hydrogen) atoms. The van der Waals surface area contributed by atoms with E-state index in [1.807, 2.05) is 30.3 Å². The zero-order chi connectivity index (χ0) is 30.7. The van der Waals surface area contributed by atoms with Crippen molar-refractivity contribution in [2.45, 2.75) is 58.6 Å². The van der Waals surface area contributed by atoms with Gasteiger partial charge in [0, 0.05) is 57.4 Å². The number of nitrogens with one attached hydrogen (secondary N) is 1. The molecule has 0 saturated carbocycles. The fourth-order valence-electron chi connectivity index (χ4n) is 4.35. The largest absolute Gasteiger partial charge is 0.460 e. The number of hydrogen-bond acceptors (Lipinski definition) is 9. The van der Waals surface area contributed by atoms with Crippen molar-refractivity contribution in [2.24, 2.45) is 0 Å². The molecule has 1 fully saturated rings. The number of ether oxygens (including phenoxy) is 3. The minimum Gasteiger partial charge on any atom is -0.460 e. The van der Waals surface area contributed by atoms with Crippen LogP contribution in [0.3, 0.4) is 0 Å². The molecule has 1 aromatic heterocycles. The first-order valence-corrected chi connectivity index (χ1v) is 14.2. The molecule has 12 heteroatoms. The summed E-state index contributed by atoms with van der Waals surface area (Å²) in [7, 11) is 1.58. The van der Waals surface area contributed by atoms with Crippen LogP contribution >= 0.6 is 0 Å². The summed E-state index contributed by atoms with van der Waals surface area (Å²) in [6.45, 7) is 8.82. The van der Waals surface area contributed by atoms with E-state index in [-0.39, 0.29) is 44.1 Å². The molecule has 1 aliphatic rings. The van der Waals surface area contributed by atoms with Gasteiger partial charge >= 0.3 is 12.1 Å². The van der Waals surface area contributed by atoms with E-state index in [0.29, 0.717) is 37.6 Å². The Morgan fingerprint density at radius 2 is 1.67 bits per heavy atom. The van der Waals surface area contributed by atoms with Crippen LogP contribution in [0, 0.1) is 0 Å². The van der Waals surface area contributed by atoms with Gasteiger partial charge < -0.3 is 29.3 Å². The number of aromatic nitrogens is 2. The van der Waals surface area contributed by atoms with Gasteiger partial charge in [0.2, 0.25) is 5.91 Å². The summed E-state index contributed by atoms with van der Waals surface area (Å²) in [5.74, 6) is -1.02. The van der Waals surface area contributed by atoms with Crippen LogP contribution in [0.4, 0.5) is 4.79 Å². The highest BCUT2D eigenvalue weighted by Gasteiger charge is 2.32. The highest BCUT2D eigenvalue weighted by molar-refractivity contribution is 5.96. The summed E-state index contributed by atoms with van der Waals surface area (Å²) in [5, 5.41) is 2.80. The van der Waals surface area contributed by atoms with Gasteiger partial charge in [-0.1, -0.05) is 30.3 Å². The number of piperazine rings is 1. The first-order chi connectivity index (χ1) is 20.0. The number of carbonyl (C=O) groups excluding carboxylic acids is 4. The SMILES string of the molecule is CCOC(=O)N1CCN(C(=O)C(CCC(=O)OC(C)(C)C)NC(=O)c2cc(CCOC)nc(-c3ccccc3)n2)CC1. The minimum absolute atomic E-state index is 0.0325. The molecule has 1 N–H and O–H groups in total. The Balaban J connectivity index is 1.81. The predicted octanol–water partition coefficient (Wildman–Crippen LogP) is 2.85. The number of carbonyl (C=O) groups is 4. The van der Waals surface area contributed by atoms with E-state index in [1.165, 1.54) is 4.90 Å². The molecule has 2 heterocycles. The summed E-state index contributed by atoms with van der Waals surface area (Å²) in [4.78, 5) is 64.0. The van der Waals surface area contributed by atoms with E-state index in [0.717, 1.165) is 5.56 Å². The third-order valence-electron chi connectivity index (χ3n) is 6.38. The van der Waals surface area contributed by atoms with Gasteiger partial charge in [-0.25, -0.2) is 14.8 Å². The second-order valence-electron chi connectivity index (χ2n) is 10.8. The fourth-order valence-corrected chi connectivity index (χ4v) is 4.35. The van der Waals surface area contributed by atoms with Crippen molar-refractivity contribution >= 4 is 23.9 Å². The summed E-state index contributed by atoms with van der Waals surface area (Å²) < 4.78 is 15.7. The van der Waals surface area contributed by atoms with Gasteiger partial charge in [0.15, 0.2) is 5.82 Å². The number of nitrogens with zero attached hydrogens (tertiary/aromatic N) is 4. The van der Waals surface area contributed by atoms with E-state index in [9.17, 15) is 19.2 Å². The molecule has 1 atom stereocenters. The maximum Gasteiger partial charge on any atom is 0.409 e. The average Bonchev–Trinajstić information content (AvgIpc) is 2.97. The molecule has 1 aromatic carbocycles. The fraction of sp³-hybridized carbons (Fsp3) is 0.533. The van der Waals surface area contributed by atoms with Crippen LogP contribution in [0.15, 0.2) is 36.4 Å². The van der Waals surface area contributed by atoms with Crippen LogP contribution in [-0.4, -0.2) is 102 Å². The third-order valence-corrected chi connectivity index (χ3v) is 6.38. The number of esters is 1. The molecule has 228 valence electrons.